The van der Waals surface area contributed by atoms with Crippen molar-refractivity contribution in [2.24, 2.45) is 0 Å². The predicted octanol–water partition coefficient (Wildman–Crippen LogP) is 4.90. The molecular formula is C29H26IrN4O2P-. The van der Waals surface area contributed by atoms with Crippen LogP contribution < -0.4 is 25.7 Å². The Balaban J connectivity index is 0.000000356. The Labute approximate surface area is 231 Å². The minimum atomic E-state index is -0.636. The molecule has 0 aliphatic carbocycles. The quantitative estimate of drug-likeness (QED) is 0.140. The molecule has 8 heteroatoms. The van der Waals surface area contributed by atoms with Gasteiger partial charge in [0.2, 0.25) is 0 Å². The first kappa shape index (κ1) is 26.7. The molecule has 1 atom stereocenters. The number of aliphatic hydroxyl groups is 1. The van der Waals surface area contributed by atoms with Crippen LogP contribution in [0.25, 0.3) is 11.3 Å². The number of carbonyl (C=O) groups is 1. The Kier molecular flexibility index (Phi) is 7.89. The second kappa shape index (κ2) is 10.9. The number of hydrogen-bond acceptors (Lipinski definition) is 6. The number of aliphatic hydroxyl groups excluding tert-OH is 1. The van der Waals surface area contributed by atoms with Crippen LogP contribution in [0.2, 0.25) is 0 Å². The number of ketones is 1. The zero-order chi connectivity index (χ0) is 25.4. The SMILES string of the molecule is CC(=O)/C=C(/C)O.CN1c2[c-]c(-c3cnccn3)cc3c2P(c2ccccc21)c1ccccc1N3C.[Ir]. The van der Waals surface area contributed by atoms with Crippen LogP contribution >= 0.6 is 7.92 Å². The molecule has 6 rings (SSSR count). The van der Waals surface area contributed by atoms with Gasteiger partial charge in [-0.3, -0.25) is 9.78 Å². The third-order valence-corrected chi connectivity index (χ3v) is 8.75. The number of anilines is 4. The van der Waals surface area contributed by atoms with Crippen molar-refractivity contribution in [1.29, 1.82) is 0 Å². The van der Waals surface area contributed by atoms with Gasteiger partial charge in [-0.2, -0.15) is 0 Å². The fourth-order valence-corrected chi connectivity index (χ4v) is 7.61. The maximum absolute atomic E-state index is 10.0. The third kappa shape index (κ3) is 4.95. The Bertz CT molecular complexity index is 1410. The van der Waals surface area contributed by atoms with Gasteiger partial charge in [-0.25, -0.2) is 0 Å². The van der Waals surface area contributed by atoms with E-state index < -0.39 is 7.92 Å². The van der Waals surface area contributed by atoms with Crippen molar-refractivity contribution < 1.29 is 30.0 Å². The summed E-state index contributed by atoms with van der Waals surface area (Å²) in [4.78, 5) is 23.4. The maximum atomic E-state index is 10.0. The largest absolute Gasteiger partial charge is 0.512 e. The van der Waals surface area contributed by atoms with E-state index in [9.17, 15) is 4.79 Å². The Hall–Kier alpha value is -3.37. The molecule has 189 valence electrons. The van der Waals surface area contributed by atoms with Crippen molar-refractivity contribution in [1.82, 2.24) is 9.97 Å². The molecule has 0 bridgehead atoms. The second-order valence-electron chi connectivity index (χ2n) is 8.68. The molecule has 1 aromatic heterocycles. The van der Waals surface area contributed by atoms with E-state index in [2.05, 4.69) is 94.5 Å². The van der Waals surface area contributed by atoms with Crippen LogP contribution in [-0.4, -0.2) is 35.0 Å². The van der Waals surface area contributed by atoms with E-state index in [0.717, 1.165) is 16.9 Å². The summed E-state index contributed by atoms with van der Waals surface area (Å²) < 4.78 is 0. The van der Waals surface area contributed by atoms with Gasteiger partial charge >= 0.3 is 0 Å². The standard InChI is InChI=1S/C24H18N4P.C5H8O2.Ir/c1-27-18-7-3-5-9-22(18)29-23-10-6-4-8-19(23)28(2)21-14-16(13-20(27)24(21)29)17-15-25-11-12-26-17;1-4(6)3-5(2)7;/h3-13,15H,1-2H3;3,6H,1-2H3;/q-1;;/b;4-3-;. The number of fused-ring (bicyclic) bond motifs is 4. The van der Waals surface area contributed by atoms with Crippen molar-refractivity contribution in [2.45, 2.75) is 13.8 Å². The van der Waals surface area contributed by atoms with E-state index in [4.69, 9.17) is 5.11 Å². The molecule has 1 N–H and O–H groups in total. The predicted molar refractivity (Wildman–Crippen MR) is 148 cm³/mol. The van der Waals surface area contributed by atoms with Gasteiger partial charge in [0.1, 0.15) is 0 Å². The van der Waals surface area contributed by atoms with Gasteiger partial charge in [0.05, 0.1) is 5.76 Å². The van der Waals surface area contributed by atoms with Gasteiger partial charge < -0.3 is 19.9 Å². The van der Waals surface area contributed by atoms with Gasteiger partial charge in [-0.1, -0.05) is 36.4 Å². The number of nitrogens with zero attached hydrogens (tertiary/aromatic N) is 4. The minimum Gasteiger partial charge on any atom is -0.512 e. The fraction of sp³-hybridized carbons (Fsp3) is 0.138. The van der Waals surface area contributed by atoms with Crippen molar-refractivity contribution >= 4 is 52.4 Å². The average molecular weight is 686 g/mol. The maximum Gasteiger partial charge on any atom is 0.155 e. The van der Waals surface area contributed by atoms with Crippen LogP contribution in [0, 0.1) is 6.07 Å². The van der Waals surface area contributed by atoms with Crippen molar-refractivity contribution in [2.75, 3.05) is 23.9 Å². The Morgan fingerprint density at radius 3 is 2.11 bits per heavy atom. The second-order valence-corrected chi connectivity index (χ2v) is 10.8. The Morgan fingerprint density at radius 2 is 1.57 bits per heavy atom. The van der Waals surface area contributed by atoms with Crippen molar-refractivity contribution in [3.63, 3.8) is 0 Å². The normalized spacial score (nSPS) is 14.8. The van der Waals surface area contributed by atoms with Crippen LogP contribution in [0.1, 0.15) is 13.8 Å². The van der Waals surface area contributed by atoms with Gasteiger partial charge in [0.15, 0.2) is 5.78 Å². The molecule has 2 aliphatic heterocycles. The van der Waals surface area contributed by atoms with Gasteiger partial charge in [-0.15, -0.1) is 17.7 Å². The number of allylic oxidation sites excluding steroid dienone is 2. The van der Waals surface area contributed by atoms with E-state index in [1.54, 1.807) is 18.6 Å². The molecule has 1 unspecified atom stereocenters. The molecule has 0 saturated heterocycles. The molecule has 1 radical (unpaired) electrons. The fourth-order valence-electron chi connectivity index (χ4n) is 4.63. The van der Waals surface area contributed by atoms with E-state index in [1.165, 1.54) is 52.9 Å². The van der Waals surface area contributed by atoms with Crippen LogP contribution in [0.3, 0.4) is 0 Å². The monoisotopic (exact) mass is 686 g/mol. The summed E-state index contributed by atoms with van der Waals surface area (Å²) in [5.74, 6) is -0.0625. The van der Waals surface area contributed by atoms with Gasteiger partial charge in [0.25, 0.3) is 0 Å². The summed E-state index contributed by atoms with van der Waals surface area (Å²) in [6, 6.07) is 23.4. The minimum absolute atomic E-state index is 0. The van der Waals surface area contributed by atoms with Crippen molar-refractivity contribution in [3.05, 3.63) is 91.1 Å². The van der Waals surface area contributed by atoms with Gasteiger partial charge in [-0.05, 0) is 61.2 Å². The number of rotatable bonds is 2. The van der Waals surface area contributed by atoms with E-state index >= 15 is 0 Å². The molecule has 0 saturated carbocycles. The average Bonchev–Trinajstić information content (AvgIpc) is 2.88. The van der Waals surface area contributed by atoms with Crippen LogP contribution in [0.5, 0.6) is 0 Å². The molecule has 0 fully saturated rings. The zero-order valence-corrected chi connectivity index (χ0v) is 24.2. The molecule has 0 amide bonds. The molecular weight excluding hydrogens is 660 g/mol. The molecule has 3 aromatic carbocycles. The summed E-state index contributed by atoms with van der Waals surface area (Å²) >= 11 is 0. The Morgan fingerprint density at radius 1 is 0.946 bits per heavy atom. The van der Waals surface area contributed by atoms with Crippen LogP contribution in [0.4, 0.5) is 22.7 Å². The summed E-state index contributed by atoms with van der Waals surface area (Å²) in [6.45, 7) is 2.85. The molecule has 0 spiro atoms. The molecule has 6 nitrogen and oxygen atoms in total. The van der Waals surface area contributed by atoms with Crippen LogP contribution in [-0.2, 0) is 24.9 Å². The molecule has 2 aliphatic rings. The number of para-hydroxylation sites is 2. The third-order valence-electron chi connectivity index (χ3n) is 6.14. The van der Waals surface area contributed by atoms with Gasteiger partial charge in [0, 0.05) is 75.9 Å². The topological polar surface area (TPSA) is 69.6 Å². The van der Waals surface area contributed by atoms with E-state index in [1.807, 2.05) is 0 Å². The first-order valence-electron chi connectivity index (χ1n) is 11.6. The summed E-state index contributed by atoms with van der Waals surface area (Å²) in [7, 11) is 3.66. The molecule has 37 heavy (non-hydrogen) atoms. The molecule has 3 heterocycles. The van der Waals surface area contributed by atoms with E-state index in [0.29, 0.717) is 0 Å². The van der Waals surface area contributed by atoms with Crippen molar-refractivity contribution in [3.8, 4) is 11.3 Å². The number of hydrogen-bond donors (Lipinski definition) is 1. The first-order valence-corrected chi connectivity index (χ1v) is 12.9. The summed E-state index contributed by atoms with van der Waals surface area (Å²) in [5, 5.41) is 12.5. The molecule has 4 aromatic rings. The first-order chi connectivity index (χ1) is 17.4. The summed E-state index contributed by atoms with van der Waals surface area (Å²) in [6.07, 6.45) is 6.41. The number of benzene rings is 3. The van der Waals surface area contributed by atoms with Crippen LogP contribution in [0.15, 0.2) is 85.0 Å². The smallest absolute Gasteiger partial charge is 0.155 e. The number of aromatic nitrogens is 2. The van der Waals surface area contributed by atoms with E-state index in [-0.39, 0.29) is 31.6 Å². The summed E-state index contributed by atoms with van der Waals surface area (Å²) in [5.41, 5.74) is 6.70. The number of carbonyl (C=O) groups excluding carboxylic acids is 1. The zero-order valence-electron chi connectivity index (χ0n) is 20.9.